The number of hydrogen-bond acceptors (Lipinski definition) is 3. The second kappa shape index (κ2) is 4.05. The van der Waals surface area contributed by atoms with E-state index in [4.69, 9.17) is 5.73 Å². The van der Waals surface area contributed by atoms with Crippen LogP contribution in [0.25, 0.3) is 0 Å². The maximum absolute atomic E-state index is 10.8. The number of benzene rings is 1. The minimum atomic E-state index is -0.340. The minimum absolute atomic E-state index is 0.127. The van der Waals surface area contributed by atoms with Crippen LogP contribution in [-0.4, -0.2) is 10.5 Å². The van der Waals surface area contributed by atoms with E-state index in [9.17, 15) is 10.1 Å². The second-order valence-corrected chi connectivity index (χ2v) is 5.92. The lowest BCUT2D eigenvalue weighted by Crippen LogP contribution is -2.46. The van der Waals surface area contributed by atoms with Gasteiger partial charge in [0.05, 0.1) is 4.92 Å². The van der Waals surface area contributed by atoms with Gasteiger partial charge in [-0.1, -0.05) is 18.6 Å². The highest BCUT2D eigenvalue weighted by Crippen LogP contribution is 2.50. The molecule has 4 nitrogen and oxygen atoms in total. The average molecular weight is 246 g/mol. The standard InChI is InChI=1S/C14H18N2O2/c15-14(9-11-4-5-12(14)6-11)8-10-2-1-3-13(7-10)16(17)18/h1-3,7,11-12H,4-6,8-9,15H2. The van der Waals surface area contributed by atoms with Gasteiger partial charge in [0.2, 0.25) is 0 Å². The molecule has 2 N–H and O–H groups in total. The van der Waals surface area contributed by atoms with Gasteiger partial charge in [-0.2, -0.15) is 0 Å². The van der Waals surface area contributed by atoms with Gasteiger partial charge in [0, 0.05) is 17.7 Å². The van der Waals surface area contributed by atoms with E-state index in [0.717, 1.165) is 24.3 Å². The van der Waals surface area contributed by atoms with Crippen LogP contribution in [0.4, 0.5) is 5.69 Å². The van der Waals surface area contributed by atoms with Crippen LogP contribution < -0.4 is 5.73 Å². The summed E-state index contributed by atoms with van der Waals surface area (Å²) in [6.07, 6.45) is 5.66. The van der Waals surface area contributed by atoms with Gasteiger partial charge in [-0.15, -0.1) is 0 Å². The van der Waals surface area contributed by atoms with E-state index in [1.165, 1.54) is 25.3 Å². The Labute approximate surface area is 106 Å². The molecule has 0 heterocycles. The van der Waals surface area contributed by atoms with Crippen LogP contribution in [0.3, 0.4) is 0 Å². The number of hydrogen-bond donors (Lipinski definition) is 1. The van der Waals surface area contributed by atoms with Crippen LogP contribution in [0.5, 0.6) is 0 Å². The van der Waals surface area contributed by atoms with Crippen LogP contribution in [-0.2, 0) is 6.42 Å². The van der Waals surface area contributed by atoms with E-state index in [1.807, 2.05) is 6.07 Å². The quantitative estimate of drug-likeness (QED) is 0.658. The fourth-order valence-corrected chi connectivity index (χ4v) is 3.86. The second-order valence-electron chi connectivity index (χ2n) is 5.92. The monoisotopic (exact) mass is 246 g/mol. The molecule has 0 saturated heterocycles. The summed E-state index contributed by atoms with van der Waals surface area (Å²) in [6, 6.07) is 6.91. The molecule has 3 unspecified atom stereocenters. The smallest absolute Gasteiger partial charge is 0.269 e. The van der Waals surface area contributed by atoms with Crippen LogP contribution in [0.1, 0.15) is 31.2 Å². The van der Waals surface area contributed by atoms with E-state index >= 15 is 0 Å². The van der Waals surface area contributed by atoms with Crippen LogP contribution in [0.2, 0.25) is 0 Å². The Balaban J connectivity index is 1.80. The predicted octanol–water partition coefficient (Wildman–Crippen LogP) is 2.65. The third-order valence-electron chi connectivity index (χ3n) is 4.68. The summed E-state index contributed by atoms with van der Waals surface area (Å²) in [4.78, 5) is 10.4. The van der Waals surface area contributed by atoms with Gasteiger partial charge >= 0.3 is 0 Å². The van der Waals surface area contributed by atoms with Crippen LogP contribution >= 0.6 is 0 Å². The van der Waals surface area contributed by atoms with E-state index < -0.39 is 0 Å². The van der Waals surface area contributed by atoms with Crippen LogP contribution in [0.15, 0.2) is 24.3 Å². The highest BCUT2D eigenvalue weighted by Gasteiger charge is 2.48. The largest absolute Gasteiger partial charge is 0.325 e. The molecule has 2 aliphatic rings. The van der Waals surface area contributed by atoms with Crippen LogP contribution in [0, 0.1) is 22.0 Å². The van der Waals surface area contributed by atoms with Crippen molar-refractivity contribution in [3.8, 4) is 0 Å². The summed E-state index contributed by atoms with van der Waals surface area (Å²) in [5.41, 5.74) is 7.57. The zero-order valence-electron chi connectivity index (χ0n) is 10.3. The number of nitro benzene ring substituents is 1. The minimum Gasteiger partial charge on any atom is -0.325 e. The number of rotatable bonds is 3. The van der Waals surface area contributed by atoms with Gasteiger partial charge in [-0.05, 0) is 43.1 Å². The van der Waals surface area contributed by atoms with E-state index in [1.54, 1.807) is 12.1 Å². The molecule has 4 heteroatoms. The SMILES string of the molecule is NC1(Cc2cccc([N+](=O)[O-])c2)CC2CCC1C2. The summed E-state index contributed by atoms with van der Waals surface area (Å²) in [7, 11) is 0. The molecule has 0 aliphatic heterocycles. The van der Waals surface area contributed by atoms with E-state index in [-0.39, 0.29) is 16.1 Å². The first-order valence-corrected chi connectivity index (χ1v) is 6.59. The highest BCUT2D eigenvalue weighted by molar-refractivity contribution is 5.35. The lowest BCUT2D eigenvalue weighted by Gasteiger charge is -2.34. The molecule has 1 aromatic carbocycles. The molecule has 0 radical (unpaired) electrons. The summed E-state index contributed by atoms with van der Waals surface area (Å²) in [5, 5.41) is 10.8. The molecule has 2 aliphatic carbocycles. The third kappa shape index (κ3) is 1.90. The predicted molar refractivity (Wildman–Crippen MR) is 69.2 cm³/mol. The Kier molecular flexibility index (Phi) is 2.63. The Hall–Kier alpha value is -1.42. The van der Waals surface area contributed by atoms with Crippen molar-refractivity contribution in [2.45, 2.75) is 37.6 Å². The first kappa shape index (κ1) is 11.7. The fourth-order valence-electron chi connectivity index (χ4n) is 3.86. The summed E-state index contributed by atoms with van der Waals surface area (Å²) in [5.74, 6) is 1.40. The molecule has 0 amide bonds. The Morgan fingerprint density at radius 1 is 1.44 bits per heavy atom. The van der Waals surface area contributed by atoms with E-state index in [0.29, 0.717) is 5.92 Å². The molecule has 96 valence electrons. The Morgan fingerprint density at radius 3 is 2.89 bits per heavy atom. The molecule has 0 spiro atoms. The fraction of sp³-hybridized carbons (Fsp3) is 0.571. The summed E-state index contributed by atoms with van der Waals surface area (Å²) in [6.45, 7) is 0. The zero-order chi connectivity index (χ0) is 12.8. The summed E-state index contributed by atoms with van der Waals surface area (Å²) >= 11 is 0. The van der Waals surface area contributed by atoms with Crippen molar-refractivity contribution in [2.24, 2.45) is 17.6 Å². The van der Waals surface area contributed by atoms with Gasteiger partial charge in [0.25, 0.3) is 5.69 Å². The number of fused-ring (bicyclic) bond motifs is 2. The van der Waals surface area contributed by atoms with Gasteiger partial charge < -0.3 is 5.73 Å². The molecule has 18 heavy (non-hydrogen) atoms. The van der Waals surface area contributed by atoms with Crippen molar-refractivity contribution in [3.63, 3.8) is 0 Å². The number of nitrogens with two attached hydrogens (primary N) is 1. The normalized spacial score (nSPS) is 33.8. The number of nitrogens with zero attached hydrogens (tertiary/aromatic N) is 1. The number of non-ortho nitro benzene ring substituents is 1. The first-order valence-electron chi connectivity index (χ1n) is 6.59. The third-order valence-corrected chi connectivity index (χ3v) is 4.68. The highest BCUT2D eigenvalue weighted by atomic mass is 16.6. The number of nitro groups is 1. The Bertz CT molecular complexity index is 488. The molecule has 0 aromatic heterocycles. The molecule has 2 fully saturated rings. The maximum atomic E-state index is 10.8. The molecule has 3 atom stereocenters. The summed E-state index contributed by atoms with van der Waals surface area (Å²) < 4.78 is 0. The van der Waals surface area contributed by atoms with Gasteiger partial charge in [-0.3, -0.25) is 10.1 Å². The molecule has 3 rings (SSSR count). The lowest BCUT2D eigenvalue weighted by molar-refractivity contribution is -0.384. The molecular weight excluding hydrogens is 228 g/mol. The van der Waals surface area contributed by atoms with Crippen molar-refractivity contribution in [3.05, 3.63) is 39.9 Å². The molecular formula is C14H18N2O2. The van der Waals surface area contributed by atoms with Crippen molar-refractivity contribution >= 4 is 5.69 Å². The van der Waals surface area contributed by atoms with Gasteiger partial charge in [0.1, 0.15) is 0 Å². The topological polar surface area (TPSA) is 69.2 Å². The molecule has 2 saturated carbocycles. The maximum Gasteiger partial charge on any atom is 0.269 e. The van der Waals surface area contributed by atoms with Crippen molar-refractivity contribution in [1.82, 2.24) is 0 Å². The average Bonchev–Trinajstić information content (AvgIpc) is 2.88. The Morgan fingerprint density at radius 2 is 2.28 bits per heavy atom. The van der Waals surface area contributed by atoms with E-state index in [2.05, 4.69) is 0 Å². The van der Waals surface area contributed by atoms with Crippen molar-refractivity contribution in [1.29, 1.82) is 0 Å². The zero-order valence-corrected chi connectivity index (χ0v) is 10.3. The molecule has 2 bridgehead atoms. The van der Waals surface area contributed by atoms with Gasteiger partial charge in [-0.25, -0.2) is 0 Å². The molecule has 1 aromatic rings. The lowest BCUT2D eigenvalue weighted by atomic mass is 9.77. The van der Waals surface area contributed by atoms with Crippen molar-refractivity contribution in [2.75, 3.05) is 0 Å². The van der Waals surface area contributed by atoms with Gasteiger partial charge in [0.15, 0.2) is 0 Å². The van der Waals surface area contributed by atoms with Crippen molar-refractivity contribution < 1.29 is 4.92 Å². The first-order chi connectivity index (χ1) is 8.57.